The van der Waals surface area contributed by atoms with Gasteiger partial charge >= 0.3 is 0 Å². The first kappa shape index (κ1) is 27.3. The van der Waals surface area contributed by atoms with E-state index in [1.807, 2.05) is 18.2 Å². The molecule has 5 aromatic carbocycles. The molecular formula is C33H27NO9. The first-order valence-electron chi connectivity index (χ1n) is 13.1. The van der Waals surface area contributed by atoms with Crippen LogP contribution in [0.25, 0.3) is 33.4 Å². The smallest absolute Gasteiger partial charge is 0.208 e. The lowest BCUT2D eigenvalue weighted by Crippen LogP contribution is -2.15. The third kappa shape index (κ3) is 3.87. The van der Waals surface area contributed by atoms with E-state index in [0.29, 0.717) is 5.69 Å². The molecule has 0 spiro atoms. The summed E-state index contributed by atoms with van der Waals surface area (Å²) in [5.41, 5.74) is 4.14. The van der Waals surface area contributed by atoms with Gasteiger partial charge in [0.1, 0.15) is 0 Å². The molecule has 6 rings (SSSR count). The zero-order valence-corrected chi connectivity index (χ0v) is 22.9. The Labute approximate surface area is 244 Å². The summed E-state index contributed by atoms with van der Waals surface area (Å²) in [6.07, 6.45) is 0. The molecule has 0 unspecified atom stereocenters. The van der Waals surface area contributed by atoms with Crippen molar-refractivity contribution in [2.75, 3.05) is 5.32 Å². The predicted molar refractivity (Wildman–Crippen MR) is 160 cm³/mol. The van der Waals surface area contributed by atoms with E-state index in [2.05, 4.69) is 43.4 Å². The molecule has 0 bridgehead atoms. The van der Waals surface area contributed by atoms with Crippen LogP contribution in [0.1, 0.15) is 25.0 Å². The van der Waals surface area contributed by atoms with Gasteiger partial charge in [-0.2, -0.15) is 0 Å². The van der Waals surface area contributed by atoms with Crippen LogP contribution >= 0.6 is 0 Å². The van der Waals surface area contributed by atoms with Gasteiger partial charge in [-0.3, -0.25) is 0 Å². The quantitative estimate of drug-likeness (QED) is 0.0836. The van der Waals surface area contributed by atoms with Gasteiger partial charge < -0.3 is 51.3 Å². The average Bonchev–Trinajstić information content (AvgIpc) is 3.22. The van der Waals surface area contributed by atoms with Crippen molar-refractivity contribution in [3.05, 3.63) is 77.9 Å². The predicted octanol–water partition coefficient (Wildman–Crippen LogP) is 6.42. The van der Waals surface area contributed by atoms with Crippen LogP contribution in [0.5, 0.6) is 51.7 Å². The zero-order chi connectivity index (χ0) is 31.0. The number of rotatable bonds is 4. The highest BCUT2D eigenvalue weighted by Crippen LogP contribution is 2.62. The highest BCUT2D eigenvalue weighted by molar-refractivity contribution is 5.97. The first-order valence-corrected chi connectivity index (χ1v) is 13.1. The maximum absolute atomic E-state index is 10.8. The summed E-state index contributed by atoms with van der Waals surface area (Å²) in [6, 6.07) is 20.8. The van der Waals surface area contributed by atoms with E-state index in [-0.39, 0.29) is 16.5 Å². The molecule has 0 saturated carbocycles. The molecule has 0 radical (unpaired) electrons. The number of aromatic hydroxyl groups is 9. The van der Waals surface area contributed by atoms with Gasteiger partial charge in [0, 0.05) is 16.8 Å². The lowest BCUT2D eigenvalue weighted by molar-refractivity contribution is 0.329. The summed E-state index contributed by atoms with van der Waals surface area (Å²) in [5.74, 6) is -10.3. The van der Waals surface area contributed by atoms with Crippen LogP contribution < -0.4 is 5.32 Å². The second kappa shape index (κ2) is 9.31. The van der Waals surface area contributed by atoms with Crippen LogP contribution in [0.15, 0.2) is 66.7 Å². The molecule has 0 saturated heterocycles. The number of hydrogen-bond acceptors (Lipinski definition) is 10. The molecule has 43 heavy (non-hydrogen) atoms. The number of nitrogens with one attached hydrogen (secondary N) is 1. The van der Waals surface area contributed by atoms with Gasteiger partial charge in [-0.1, -0.05) is 56.3 Å². The molecule has 0 aromatic heterocycles. The molecule has 5 aromatic rings. The molecule has 218 valence electrons. The number of hydrogen-bond donors (Lipinski definition) is 10. The van der Waals surface area contributed by atoms with E-state index >= 15 is 0 Å². The molecule has 0 aliphatic heterocycles. The SMILES string of the molecule is CC1(C)c2ccccc2-c2ccc(Nc3ccc(-c4c(O)c(O)c(-c5c(O)c(O)c(O)c(O)c5O)c(O)c4O)cc3)cc21. The van der Waals surface area contributed by atoms with Gasteiger partial charge in [0.25, 0.3) is 0 Å². The fourth-order valence-corrected chi connectivity index (χ4v) is 5.80. The van der Waals surface area contributed by atoms with Crippen molar-refractivity contribution in [3.8, 4) is 85.1 Å². The van der Waals surface area contributed by atoms with Gasteiger partial charge in [-0.25, -0.2) is 0 Å². The van der Waals surface area contributed by atoms with Crippen LogP contribution in [0, 0.1) is 0 Å². The number of phenols is 9. The second-order valence-electron chi connectivity index (χ2n) is 10.9. The van der Waals surface area contributed by atoms with E-state index in [4.69, 9.17) is 0 Å². The molecule has 0 heterocycles. The van der Waals surface area contributed by atoms with Gasteiger partial charge in [0.15, 0.2) is 34.5 Å². The van der Waals surface area contributed by atoms with Gasteiger partial charge in [-0.05, 0) is 52.1 Å². The van der Waals surface area contributed by atoms with Crippen molar-refractivity contribution >= 4 is 11.4 Å². The Balaban J connectivity index is 1.35. The minimum absolute atomic E-state index is 0.177. The van der Waals surface area contributed by atoms with Crippen LogP contribution in [0.4, 0.5) is 11.4 Å². The van der Waals surface area contributed by atoms with E-state index in [0.717, 1.165) is 5.69 Å². The van der Waals surface area contributed by atoms with Crippen LogP contribution in [-0.4, -0.2) is 46.0 Å². The van der Waals surface area contributed by atoms with E-state index in [9.17, 15) is 46.0 Å². The molecule has 0 amide bonds. The zero-order valence-electron chi connectivity index (χ0n) is 22.9. The Morgan fingerprint density at radius 2 is 0.884 bits per heavy atom. The van der Waals surface area contributed by atoms with Crippen molar-refractivity contribution in [2.45, 2.75) is 19.3 Å². The third-order valence-electron chi connectivity index (χ3n) is 8.06. The summed E-state index contributed by atoms with van der Waals surface area (Å²) in [4.78, 5) is 0. The van der Waals surface area contributed by atoms with Crippen molar-refractivity contribution in [2.24, 2.45) is 0 Å². The molecule has 10 N–H and O–H groups in total. The topological polar surface area (TPSA) is 194 Å². The van der Waals surface area contributed by atoms with Crippen molar-refractivity contribution in [3.63, 3.8) is 0 Å². The monoisotopic (exact) mass is 581 g/mol. The standard InChI is InChI=1S/C33H27NO9/c1-33(2)19-6-4-3-5-17(19)18-12-11-16(13-20(18)33)34-15-9-7-14(8-10-15)21-24(35)26(37)22(27(38)25(21)36)23-28(39)30(41)32(43)31(42)29(23)40/h3-13,34-43H,1-2H3. The average molecular weight is 582 g/mol. The number of anilines is 2. The molecule has 10 heteroatoms. The lowest BCUT2D eigenvalue weighted by atomic mass is 9.82. The van der Waals surface area contributed by atoms with Crippen molar-refractivity contribution in [1.29, 1.82) is 0 Å². The van der Waals surface area contributed by atoms with Gasteiger partial charge in [-0.15, -0.1) is 0 Å². The summed E-state index contributed by atoms with van der Waals surface area (Å²) in [7, 11) is 0. The van der Waals surface area contributed by atoms with Crippen molar-refractivity contribution in [1.82, 2.24) is 0 Å². The van der Waals surface area contributed by atoms with Crippen LogP contribution in [0.3, 0.4) is 0 Å². The molecular weight excluding hydrogens is 554 g/mol. The Hall–Kier alpha value is -5.90. The highest BCUT2D eigenvalue weighted by atomic mass is 16.4. The summed E-state index contributed by atoms with van der Waals surface area (Å²) in [5, 5.41) is 96.4. The maximum atomic E-state index is 10.8. The van der Waals surface area contributed by atoms with Crippen LogP contribution in [-0.2, 0) is 5.41 Å². The summed E-state index contributed by atoms with van der Waals surface area (Å²) < 4.78 is 0. The Morgan fingerprint density at radius 3 is 1.47 bits per heavy atom. The number of fused-ring (bicyclic) bond motifs is 3. The minimum Gasteiger partial charge on any atom is -0.504 e. The van der Waals surface area contributed by atoms with Crippen LogP contribution in [0.2, 0.25) is 0 Å². The normalized spacial score (nSPS) is 13.0. The number of phenolic OH excluding ortho intramolecular Hbond substituents is 9. The fourth-order valence-electron chi connectivity index (χ4n) is 5.80. The van der Waals surface area contributed by atoms with Gasteiger partial charge in [0.05, 0.1) is 16.7 Å². The molecule has 0 fully saturated rings. The molecule has 1 aliphatic carbocycles. The Morgan fingerprint density at radius 1 is 0.442 bits per heavy atom. The lowest BCUT2D eigenvalue weighted by Gasteiger charge is -2.22. The van der Waals surface area contributed by atoms with Crippen molar-refractivity contribution < 1.29 is 46.0 Å². The number of benzene rings is 5. The first-order chi connectivity index (χ1) is 20.3. The molecule has 10 nitrogen and oxygen atoms in total. The maximum Gasteiger partial charge on any atom is 0.208 e. The molecule has 1 aliphatic rings. The minimum atomic E-state index is -1.27. The van der Waals surface area contributed by atoms with E-state index in [1.54, 1.807) is 12.1 Å². The summed E-state index contributed by atoms with van der Waals surface area (Å²) in [6.45, 7) is 4.36. The summed E-state index contributed by atoms with van der Waals surface area (Å²) >= 11 is 0. The highest BCUT2D eigenvalue weighted by Gasteiger charge is 2.35. The Kier molecular flexibility index (Phi) is 5.91. The van der Waals surface area contributed by atoms with E-state index < -0.39 is 62.9 Å². The largest absolute Gasteiger partial charge is 0.504 e. The van der Waals surface area contributed by atoms with E-state index in [1.165, 1.54) is 34.4 Å². The fraction of sp³-hybridized carbons (Fsp3) is 0.0909. The third-order valence-corrected chi connectivity index (χ3v) is 8.06. The molecule has 0 atom stereocenters. The Bertz CT molecular complexity index is 1910. The van der Waals surface area contributed by atoms with Gasteiger partial charge in [0.2, 0.25) is 17.2 Å². The second-order valence-corrected chi connectivity index (χ2v) is 10.9.